The van der Waals surface area contributed by atoms with E-state index in [9.17, 15) is 0 Å². The Bertz CT molecular complexity index is 1620. The maximum atomic E-state index is 6.50. The zero-order valence-electron chi connectivity index (χ0n) is 20.3. The lowest BCUT2D eigenvalue weighted by Crippen LogP contribution is -2.19. The van der Waals surface area contributed by atoms with Crippen molar-refractivity contribution in [3.05, 3.63) is 125 Å². The van der Waals surface area contributed by atoms with Crippen molar-refractivity contribution in [1.82, 2.24) is 10.3 Å². The van der Waals surface area contributed by atoms with E-state index >= 15 is 0 Å². The Morgan fingerprint density at radius 2 is 1.63 bits per heavy atom. The van der Waals surface area contributed by atoms with E-state index in [0.717, 1.165) is 39.6 Å². The van der Waals surface area contributed by atoms with Crippen LogP contribution in [0.1, 0.15) is 42.1 Å². The highest BCUT2D eigenvalue weighted by molar-refractivity contribution is 6.06. The lowest BCUT2D eigenvalue weighted by Gasteiger charge is -2.24. The monoisotopic (exact) mass is 456 g/mol. The van der Waals surface area contributed by atoms with Gasteiger partial charge in [0.15, 0.2) is 0 Å². The molecule has 172 valence electrons. The van der Waals surface area contributed by atoms with Crippen molar-refractivity contribution in [3.63, 3.8) is 0 Å². The maximum Gasteiger partial charge on any atom is 0.141 e. The molecule has 5 aromatic rings. The molecule has 1 unspecified atom stereocenters. The summed E-state index contributed by atoms with van der Waals surface area (Å²) in [6.45, 7) is 6.39. The molecule has 0 aliphatic carbocycles. The van der Waals surface area contributed by atoms with Gasteiger partial charge in [-0.3, -0.25) is 4.98 Å². The van der Waals surface area contributed by atoms with Gasteiger partial charge in [-0.15, -0.1) is 0 Å². The number of fused-ring (bicyclic) bond motifs is 3. The number of pyridine rings is 1. The number of nitrogens with zero attached hydrogens (tertiary/aromatic N) is 1. The molecule has 6 rings (SSSR count). The SMILES string of the molecule is CC1=CNC(c2c(Cc3ccccc3-c3ccc(C)cn3)ccc3c2oc2ccccc23)C=C1C. The second-order valence-electron chi connectivity index (χ2n) is 9.49. The van der Waals surface area contributed by atoms with Crippen LogP contribution < -0.4 is 5.32 Å². The average molecular weight is 457 g/mol. The Labute approximate surface area is 205 Å². The van der Waals surface area contributed by atoms with E-state index in [2.05, 4.69) is 105 Å². The van der Waals surface area contributed by atoms with Crippen LogP contribution in [0.15, 0.2) is 107 Å². The second-order valence-corrected chi connectivity index (χ2v) is 9.49. The number of aromatic nitrogens is 1. The predicted octanol–water partition coefficient (Wildman–Crippen LogP) is 8.04. The molecular formula is C32H28N2O. The highest BCUT2D eigenvalue weighted by Crippen LogP contribution is 2.38. The van der Waals surface area contributed by atoms with Crippen LogP contribution in [-0.4, -0.2) is 4.98 Å². The van der Waals surface area contributed by atoms with Crippen molar-refractivity contribution in [2.45, 2.75) is 33.2 Å². The third-order valence-corrected chi connectivity index (χ3v) is 7.09. The van der Waals surface area contributed by atoms with Gasteiger partial charge in [0, 0.05) is 34.3 Å². The first kappa shape index (κ1) is 21.4. The molecule has 1 aliphatic rings. The number of para-hydroxylation sites is 1. The Morgan fingerprint density at radius 1 is 0.800 bits per heavy atom. The molecule has 0 amide bonds. The van der Waals surface area contributed by atoms with Gasteiger partial charge in [-0.1, -0.05) is 66.7 Å². The third-order valence-electron chi connectivity index (χ3n) is 7.09. The minimum Gasteiger partial charge on any atom is -0.456 e. The minimum absolute atomic E-state index is 0.0441. The molecule has 3 heterocycles. The first-order valence-corrected chi connectivity index (χ1v) is 12.1. The van der Waals surface area contributed by atoms with E-state index in [4.69, 9.17) is 9.40 Å². The minimum atomic E-state index is 0.0441. The molecule has 1 aliphatic heterocycles. The van der Waals surface area contributed by atoms with Crippen LogP contribution in [0.2, 0.25) is 0 Å². The van der Waals surface area contributed by atoms with Crippen LogP contribution in [0.4, 0.5) is 0 Å². The molecule has 35 heavy (non-hydrogen) atoms. The van der Waals surface area contributed by atoms with Crippen LogP contribution in [0.3, 0.4) is 0 Å². The lowest BCUT2D eigenvalue weighted by atomic mass is 9.89. The largest absolute Gasteiger partial charge is 0.456 e. The van der Waals surface area contributed by atoms with Crippen molar-refractivity contribution in [1.29, 1.82) is 0 Å². The lowest BCUT2D eigenvalue weighted by molar-refractivity contribution is 0.643. The molecule has 0 bridgehead atoms. The summed E-state index contributed by atoms with van der Waals surface area (Å²) in [5.41, 5.74) is 11.5. The maximum absolute atomic E-state index is 6.50. The Morgan fingerprint density at radius 3 is 2.46 bits per heavy atom. The quantitative estimate of drug-likeness (QED) is 0.297. The van der Waals surface area contributed by atoms with Gasteiger partial charge in [0.25, 0.3) is 0 Å². The van der Waals surface area contributed by atoms with Gasteiger partial charge in [0.2, 0.25) is 0 Å². The summed E-state index contributed by atoms with van der Waals surface area (Å²) >= 11 is 0. The molecule has 3 aromatic carbocycles. The fourth-order valence-corrected chi connectivity index (χ4v) is 5.03. The number of dihydropyridines is 1. The number of aryl methyl sites for hydroxylation is 1. The van der Waals surface area contributed by atoms with Gasteiger partial charge in [-0.2, -0.15) is 0 Å². The van der Waals surface area contributed by atoms with Gasteiger partial charge in [-0.05, 0) is 67.2 Å². The normalized spacial score (nSPS) is 15.7. The number of furan rings is 1. The molecule has 0 fully saturated rings. The van der Waals surface area contributed by atoms with Crippen LogP contribution in [0.25, 0.3) is 33.2 Å². The van der Waals surface area contributed by atoms with Gasteiger partial charge in [0.1, 0.15) is 11.2 Å². The van der Waals surface area contributed by atoms with Gasteiger partial charge >= 0.3 is 0 Å². The molecule has 0 saturated heterocycles. The molecule has 2 aromatic heterocycles. The summed E-state index contributed by atoms with van der Waals surface area (Å²) in [5, 5.41) is 5.93. The first-order chi connectivity index (χ1) is 17.1. The van der Waals surface area contributed by atoms with Gasteiger partial charge < -0.3 is 9.73 Å². The fraction of sp³-hybridized carbons (Fsp3) is 0.156. The van der Waals surface area contributed by atoms with E-state index in [1.165, 1.54) is 33.4 Å². The van der Waals surface area contributed by atoms with Gasteiger partial charge in [0.05, 0.1) is 11.7 Å². The van der Waals surface area contributed by atoms with Gasteiger partial charge in [-0.25, -0.2) is 0 Å². The number of allylic oxidation sites excluding steroid dienone is 2. The van der Waals surface area contributed by atoms with Crippen molar-refractivity contribution >= 4 is 21.9 Å². The predicted molar refractivity (Wildman–Crippen MR) is 144 cm³/mol. The summed E-state index contributed by atoms with van der Waals surface area (Å²) in [6.07, 6.45) is 7.16. The first-order valence-electron chi connectivity index (χ1n) is 12.1. The van der Waals surface area contributed by atoms with Crippen LogP contribution in [0, 0.1) is 6.92 Å². The molecule has 0 saturated carbocycles. The van der Waals surface area contributed by atoms with E-state index in [0.29, 0.717) is 0 Å². The topological polar surface area (TPSA) is 38.1 Å². The third kappa shape index (κ3) is 3.83. The summed E-state index contributed by atoms with van der Waals surface area (Å²) < 4.78 is 6.50. The Balaban J connectivity index is 1.53. The molecule has 0 radical (unpaired) electrons. The fourth-order valence-electron chi connectivity index (χ4n) is 5.03. The zero-order valence-corrected chi connectivity index (χ0v) is 20.3. The Kier molecular flexibility index (Phi) is 5.26. The van der Waals surface area contributed by atoms with Crippen molar-refractivity contribution < 1.29 is 4.42 Å². The molecule has 3 heteroatoms. The number of hydrogen-bond acceptors (Lipinski definition) is 3. The van der Waals surface area contributed by atoms with Crippen LogP contribution in [0.5, 0.6) is 0 Å². The standard InChI is InChI=1S/C32H28N2O/c1-20-12-15-28(33-18-20)25-9-5-4-8-23(25)17-24-13-14-27-26-10-6-7-11-30(26)35-32(27)31(24)29-16-21(2)22(3)19-34-29/h4-16,18-19,29,34H,17H2,1-3H3. The average Bonchev–Trinajstić information content (AvgIpc) is 3.25. The van der Waals surface area contributed by atoms with Crippen molar-refractivity contribution in [3.8, 4) is 11.3 Å². The summed E-state index contributed by atoms with van der Waals surface area (Å²) in [7, 11) is 0. The van der Waals surface area contributed by atoms with E-state index < -0.39 is 0 Å². The number of hydrogen-bond donors (Lipinski definition) is 1. The van der Waals surface area contributed by atoms with E-state index in [1.807, 2.05) is 12.3 Å². The van der Waals surface area contributed by atoms with Crippen LogP contribution >= 0.6 is 0 Å². The van der Waals surface area contributed by atoms with Crippen molar-refractivity contribution in [2.24, 2.45) is 0 Å². The summed E-state index contributed by atoms with van der Waals surface area (Å²) in [4.78, 5) is 4.71. The molecule has 3 nitrogen and oxygen atoms in total. The molecule has 0 spiro atoms. The smallest absolute Gasteiger partial charge is 0.141 e. The zero-order chi connectivity index (χ0) is 23.9. The van der Waals surface area contributed by atoms with Crippen LogP contribution in [-0.2, 0) is 6.42 Å². The summed E-state index contributed by atoms with van der Waals surface area (Å²) in [6, 6.07) is 25.6. The summed E-state index contributed by atoms with van der Waals surface area (Å²) in [5.74, 6) is 0. The van der Waals surface area contributed by atoms with E-state index in [1.54, 1.807) is 0 Å². The second kappa shape index (κ2) is 8.59. The highest BCUT2D eigenvalue weighted by atomic mass is 16.3. The number of nitrogens with one attached hydrogen (secondary N) is 1. The highest BCUT2D eigenvalue weighted by Gasteiger charge is 2.23. The Hall–Kier alpha value is -4.11. The molecule has 1 atom stereocenters. The van der Waals surface area contributed by atoms with E-state index in [-0.39, 0.29) is 6.04 Å². The van der Waals surface area contributed by atoms with Crippen molar-refractivity contribution in [2.75, 3.05) is 0 Å². The molecular weight excluding hydrogens is 428 g/mol. The molecule has 1 N–H and O–H groups in total. The number of rotatable bonds is 4. The number of benzene rings is 3.